The number of pyridine rings is 1. The van der Waals surface area contributed by atoms with Crippen LogP contribution < -0.4 is 4.74 Å². The normalized spacial score (nSPS) is 15.1. The maximum Gasteiger partial charge on any atom is 0.254 e. The van der Waals surface area contributed by atoms with Crippen molar-refractivity contribution in [1.29, 1.82) is 0 Å². The van der Waals surface area contributed by atoms with Crippen LogP contribution in [0.2, 0.25) is 0 Å². The number of methoxy groups -OCH3 is 1. The second kappa shape index (κ2) is 7.37. The van der Waals surface area contributed by atoms with Gasteiger partial charge in [0.2, 0.25) is 0 Å². The lowest BCUT2D eigenvalue weighted by Crippen LogP contribution is -2.47. The number of hydrogen-bond acceptors (Lipinski definition) is 4. The van der Waals surface area contributed by atoms with Crippen LogP contribution in [-0.2, 0) is 0 Å². The van der Waals surface area contributed by atoms with Crippen LogP contribution in [0.5, 0.6) is 5.75 Å². The molecule has 3 aromatic rings. The van der Waals surface area contributed by atoms with E-state index in [9.17, 15) is 4.79 Å². The number of ether oxygens (including phenoxy) is 1. The Morgan fingerprint density at radius 2 is 1.70 bits per heavy atom. The van der Waals surface area contributed by atoms with Crippen LogP contribution in [0.25, 0.3) is 22.2 Å². The maximum atomic E-state index is 13.3. The van der Waals surface area contributed by atoms with E-state index in [0.717, 1.165) is 59.7 Å². The Balaban J connectivity index is 1.77. The molecular weight excluding hydrogens is 338 g/mol. The predicted molar refractivity (Wildman–Crippen MR) is 107 cm³/mol. The first kappa shape index (κ1) is 17.5. The van der Waals surface area contributed by atoms with Crippen molar-refractivity contribution < 1.29 is 9.53 Å². The first-order chi connectivity index (χ1) is 13.2. The fourth-order valence-corrected chi connectivity index (χ4v) is 3.44. The Hall–Kier alpha value is -2.92. The summed E-state index contributed by atoms with van der Waals surface area (Å²) in [6.45, 7) is 3.31. The topological polar surface area (TPSA) is 45.7 Å². The quantitative estimate of drug-likeness (QED) is 0.718. The lowest BCUT2D eigenvalue weighted by atomic mass is 10.0. The van der Waals surface area contributed by atoms with Gasteiger partial charge in [-0.15, -0.1) is 0 Å². The van der Waals surface area contributed by atoms with Crippen molar-refractivity contribution >= 4 is 16.8 Å². The molecule has 0 aliphatic carbocycles. The van der Waals surface area contributed by atoms with Gasteiger partial charge in [-0.3, -0.25) is 4.79 Å². The number of carbonyl (C=O) groups excluding carboxylic acids is 1. The van der Waals surface area contributed by atoms with E-state index in [4.69, 9.17) is 9.72 Å². The third kappa shape index (κ3) is 3.51. The Kier molecular flexibility index (Phi) is 4.77. The van der Waals surface area contributed by atoms with Crippen molar-refractivity contribution in [1.82, 2.24) is 14.8 Å². The molecule has 0 N–H and O–H groups in total. The molecule has 1 aliphatic heterocycles. The van der Waals surface area contributed by atoms with Crippen molar-refractivity contribution in [3.8, 4) is 17.0 Å². The van der Waals surface area contributed by atoms with Gasteiger partial charge in [-0.2, -0.15) is 0 Å². The zero-order valence-corrected chi connectivity index (χ0v) is 15.7. The lowest BCUT2D eigenvalue weighted by molar-refractivity contribution is 0.0666. The molecule has 2 heterocycles. The average Bonchev–Trinajstić information content (AvgIpc) is 2.73. The molecule has 138 valence electrons. The van der Waals surface area contributed by atoms with Gasteiger partial charge in [0.15, 0.2) is 0 Å². The molecule has 0 unspecified atom stereocenters. The zero-order chi connectivity index (χ0) is 18.8. The highest BCUT2D eigenvalue weighted by atomic mass is 16.5. The molecule has 5 heteroatoms. The molecule has 1 fully saturated rings. The van der Waals surface area contributed by atoms with Gasteiger partial charge in [-0.05, 0) is 43.4 Å². The summed E-state index contributed by atoms with van der Waals surface area (Å²) in [7, 11) is 3.74. The van der Waals surface area contributed by atoms with Crippen molar-refractivity contribution in [3.05, 3.63) is 60.2 Å². The minimum absolute atomic E-state index is 0.0801. The van der Waals surface area contributed by atoms with E-state index in [1.165, 1.54) is 0 Å². The molecule has 1 aromatic heterocycles. The number of rotatable bonds is 3. The van der Waals surface area contributed by atoms with E-state index < -0.39 is 0 Å². The van der Waals surface area contributed by atoms with E-state index in [1.807, 2.05) is 59.5 Å². The van der Waals surface area contributed by atoms with Crippen LogP contribution in [0.15, 0.2) is 54.6 Å². The molecule has 27 heavy (non-hydrogen) atoms. The number of hydrogen-bond donors (Lipinski definition) is 0. The number of fused-ring (bicyclic) bond motifs is 1. The predicted octanol–water partition coefficient (Wildman–Crippen LogP) is 3.30. The fourth-order valence-electron chi connectivity index (χ4n) is 3.44. The highest BCUT2D eigenvalue weighted by molar-refractivity contribution is 6.07. The van der Waals surface area contributed by atoms with Gasteiger partial charge in [0.25, 0.3) is 5.91 Å². The smallest absolute Gasteiger partial charge is 0.254 e. The summed E-state index contributed by atoms with van der Waals surface area (Å²) in [6.07, 6.45) is 0. The molecule has 1 saturated heterocycles. The third-order valence-electron chi connectivity index (χ3n) is 5.12. The molecule has 5 nitrogen and oxygen atoms in total. The molecule has 0 spiro atoms. The number of benzene rings is 2. The largest absolute Gasteiger partial charge is 0.497 e. The second-order valence-electron chi connectivity index (χ2n) is 6.90. The molecular formula is C22H23N3O2. The van der Waals surface area contributed by atoms with Crippen LogP contribution in [0.1, 0.15) is 10.4 Å². The molecule has 0 saturated carbocycles. The van der Waals surface area contributed by atoms with Gasteiger partial charge in [0.05, 0.1) is 23.9 Å². The highest BCUT2D eigenvalue weighted by Crippen LogP contribution is 2.27. The van der Waals surface area contributed by atoms with Crippen LogP contribution in [0.4, 0.5) is 0 Å². The number of likely N-dealkylation sites (N-methyl/N-ethyl adjacent to an activating group) is 1. The van der Waals surface area contributed by atoms with Gasteiger partial charge in [-0.1, -0.05) is 18.2 Å². The number of aromatic nitrogens is 1. The van der Waals surface area contributed by atoms with Crippen LogP contribution in [-0.4, -0.2) is 61.0 Å². The van der Waals surface area contributed by atoms with E-state index in [-0.39, 0.29) is 5.91 Å². The second-order valence-corrected chi connectivity index (χ2v) is 6.90. The number of amides is 1. The molecule has 0 radical (unpaired) electrons. The van der Waals surface area contributed by atoms with E-state index in [2.05, 4.69) is 11.9 Å². The van der Waals surface area contributed by atoms with E-state index in [0.29, 0.717) is 0 Å². The number of para-hydroxylation sites is 1. The lowest BCUT2D eigenvalue weighted by Gasteiger charge is -2.32. The van der Waals surface area contributed by atoms with Crippen molar-refractivity contribution in [3.63, 3.8) is 0 Å². The Labute approximate surface area is 159 Å². The standard InChI is InChI=1S/C22H23N3O2/c1-24-11-13-25(14-12-24)22(26)19-15-21(16-7-9-17(27-2)10-8-16)23-20-6-4-3-5-18(19)20/h3-10,15H,11-14H2,1-2H3. The summed E-state index contributed by atoms with van der Waals surface area (Å²) in [5.41, 5.74) is 3.32. The molecule has 1 aliphatic rings. The van der Waals surface area contributed by atoms with Crippen LogP contribution in [0.3, 0.4) is 0 Å². The van der Waals surface area contributed by atoms with Crippen molar-refractivity contribution in [2.45, 2.75) is 0 Å². The van der Waals surface area contributed by atoms with Crippen molar-refractivity contribution in [2.75, 3.05) is 40.3 Å². The Bertz CT molecular complexity index is 961. The van der Waals surface area contributed by atoms with Crippen LogP contribution in [0, 0.1) is 0 Å². The first-order valence-electron chi connectivity index (χ1n) is 9.18. The average molecular weight is 361 g/mol. The summed E-state index contributed by atoms with van der Waals surface area (Å²) in [5, 5.41) is 0.902. The minimum Gasteiger partial charge on any atom is -0.497 e. The van der Waals surface area contributed by atoms with Crippen LogP contribution >= 0.6 is 0 Å². The Morgan fingerprint density at radius 3 is 2.41 bits per heavy atom. The third-order valence-corrected chi connectivity index (χ3v) is 5.12. The summed E-state index contributed by atoms with van der Waals surface area (Å²) in [6, 6.07) is 17.5. The van der Waals surface area contributed by atoms with Crippen molar-refractivity contribution in [2.24, 2.45) is 0 Å². The Morgan fingerprint density at radius 1 is 1.00 bits per heavy atom. The summed E-state index contributed by atoms with van der Waals surface area (Å²) >= 11 is 0. The summed E-state index contributed by atoms with van der Waals surface area (Å²) in [5.74, 6) is 0.879. The van der Waals surface area contributed by atoms with E-state index in [1.54, 1.807) is 7.11 Å². The van der Waals surface area contributed by atoms with Gasteiger partial charge in [0.1, 0.15) is 5.75 Å². The summed E-state index contributed by atoms with van der Waals surface area (Å²) in [4.78, 5) is 22.2. The minimum atomic E-state index is 0.0801. The molecule has 4 rings (SSSR count). The van der Waals surface area contributed by atoms with E-state index >= 15 is 0 Å². The first-order valence-corrected chi connectivity index (χ1v) is 9.18. The monoisotopic (exact) mass is 361 g/mol. The molecule has 0 bridgehead atoms. The number of carbonyl (C=O) groups is 1. The molecule has 1 amide bonds. The van der Waals surface area contributed by atoms with Gasteiger partial charge >= 0.3 is 0 Å². The van der Waals surface area contributed by atoms with Gasteiger partial charge in [0, 0.05) is 37.1 Å². The highest BCUT2D eigenvalue weighted by Gasteiger charge is 2.23. The fraction of sp³-hybridized carbons (Fsp3) is 0.273. The number of nitrogens with zero attached hydrogens (tertiary/aromatic N) is 3. The SMILES string of the molecule is COc1ccc(-c2cc(C(=O)N3CCN(C)CC3)c3ccccc3n2)cc1. The molecule has 0 atom stereocenters. The zero-order valence-electron chi connectivity index (χ0n) is 15.7. The van der Waals surface area contributed by atoms with Gasteiger partial charge < -0.3 is 14.5 Å². The van der Waals surface area contributed by atoms with Gasteiger partial charge in [-0.25, -0.2) is 4.98 Å². The summed E-state index contributed by atoms with van der Waals surface area (Å²) < 4.78 is 5.24. The number of piperazine rings is 1. The maximum absolute atomic E-state index is 13.3. The molecule has 2 aromatic carbocycles.